The largest absolute Gasteiger partial charge is 0.395 e. The van der Waals surface area contributed by atoms with Crippen LogP contribution in [0.4, 0.5) is 0 Å². The van der Waals surface area contributed by atoms with Gasteiger partial charge in [0, 0.05) is 26.1 Å². The van der Waals surface area contributed by atoms with Crippen molar-refractivity contribution < 1.29 is 9.90 Å². The number of amides is 1. The first-order valence-electron chi connectivity index (χ1n) is 4.85. The fourth-order valence-electron chi connectivity index (χ4n) is 1.11. The smallest absolute Gasteiger partial charge is 0.223 e. The lowest BCUT2D eigenvalue weighted by atomic mass is 10.3. The molecule has 0 fully saturated rings. The Morgan fingerprint density at radius 3 is 2.62 bits per heavy atom. The Morgan fingerprint density at radius 1 is 1.46 bits per heavy atom. The number of aliphatic hydroxyl groups excluding tert-OH is 1. The van der Waals surface area contributed by atoms with Gasteiger partial charge < -0.3 is 15.3 Å². The van der Waals surface area contributed by atoms with Crippen molar-refractivity contribution in [2.75, 3.05) is 32.8 Å². The molecular formula is C9H20N2O2. The van der Waals surface area contributed by atoms with Gasteiger partial charge in [-0.1, -0.05) is 6.92 Å². The van der Waals surface area contributed by atoms with Crippen molar-refractivity contribution in [3.05, 3.63) is 0 Å². The zero-order chi connectivity index (χ0) is 10.1. The minimum atomic E-state index is 0.0424. The first-order valence-corrected chi connectivity index (χ1v) is 4.85. The monoisotopic (exact) mass is 188 g/mol. The predicted molar refractivity (Wildman–Crippen MR) is 52.5 cm³/mol. The molecule has 2 N–H and O–H groups in total. The number of carbonyl (C=O) groups excluding carboxylic acids is 1. The molecule has 13 heavy (non-hydrogen) atoms. The molecule has 4 nitrogen and oxygen atoms in total. The summed E-state index contributed by atoms with van der Waals surface area (Å²) in [6.45, 7) is 6.70. The minimum absolute atomic E-state index is 0.0424. The van der Waals surface area contributed by atoms with E-state index in [1.165, 1.54) is 0 Å². The van der Waals surface area contributed by atoms with Crippen LogP contribution < -0.4 is 5.32 Å². The van der Waals surface area contributed by atoms with E-state index in [2.05, 4.69) is 5.32 Å². The van der Waals surface area contributed by atoms with Crippen molar-refractivity contribution in [3.8, 4) is 0 Å². The molecule has 0 aromatic heterocycles. The fourth-order valence-corrected chi connectivity index (χ4v) is 1.11. The van der Waals surface area contributed by atoms with Crippen LogP contribution >= 0.6 is 0 Å². The van der Waals surface area contributed by atoms with Crippen molar-refractivity contribution >= 4 is 5.91 Å². The van der Waals surface area contributed by atoms with E-state index in [9.17, 15) is 4.79 Å². The summed E-state index contributed by atoms with van der Waals surface area (Å²) in [7, 11) is 0. The average Bonchev–Trinajstić information content (AvgIpc) is 2.14. The van der Waals surface area contributed by atoms with Crippen LogP contribution in [0, 0.1) is 0 Å². The van der Waals surface area contributed by atoms with Gasteiger partial charge in [0.15, 0.2) is 0 Å². The van der Waals surface area contributed by atoms with Crippen LogP contribution in [0.2, 0.25) is 0 Å². The molecule has 0 rings (SSSR count). The summed E-state index contributed by atoms with van der Waals surface area (Å²) >= 11 is 0. The summed E-state index contributed by atoms with van der Waals surface area (Å²) in [6, 6.07) is 0. The molecule has 0 heterocycles. The number of rotatable bonds is 7. The predicted octanol–water partition coefficient (Wildman–Crippen LogP) is -0.173. The van der Waals surface area contributed by atoms with Crippen LogP contribution in [0.15, 0.2) is 0 Å². The molecule has 0 saturated heterocycles. The molecule has 0 spiro atoms. The van der Waals surface area contributed by atoms with Crippen LogP contribution in [0.5, 0.6) is 0 Å². The first kappa shape index (κ1) is 12.4. The van der Waals surface area contributed by atoms with Crippen molar-refractivity contribution in [3.63, 3.8) is 0 Å². The molecule has 0 radical (unpaired) electrons. The molecule has 0 aromatic rings. The van der Waals surface area contributed by atoms with Gasteiger partial charge in [0.1, 0.15) is 0 Å². The lowest BCUT2D eigenvalue weighted by Crippen LogP contribution is -2.35. The topological polar surface area (TPSA) is 52.6 Å². The van der Waals surface area contributed by atoms with Crippen LogP contribution in [0.1, 0.15) is 20.3 Å². The Balaban J connectivity index is 3.64. The van der Waals surface area contributed by atoms with Crippen LogP contribution in [-0.4, -0.2) is 48.7 Å². The Labute approximate surface area is 79.9 Å². The van der Waals surface area contributed by atoms with E-state index in [-0.39, 0.29) is 12.5 Å². The van der Waals surface area contributed by atoms with E-state index in [1.54, 1.807) is 4.90 Å². The summed E-state index contributed by atoms with van der Waals surface area (Å²) in [6.07, 6.45) is 0.516. The number of hydrogen-bond acceptors (Lipinski definition) is 3. The van der Waals surface area contributed by atoms with Gasteiger partial charge in [-0.3, -0.25) is 4.79 Å². The molecule has 0 aliphatic carbocycles. The molecule has 0 aliphatic rings. The second-order valence-corrected chi connectivity index (χ2v) is 2.80. The second-order valence-electron chi connectivity index (χ2n) is 2.80. The quantitative estimate of drug-likeness (QED) is 0.545. The maximum Gasteiger partial charge on any atom is 0.223 e. The third kappa shape index (κ3) is 5.60. The molecule has 1 amide bonds. The number of aliphatic hydroxyl groups is 1. The maximum absolute atomic E-state index is 11.4. The third-order valence-corrected chi connectivity index (χ3v) is 1.87. The zero-order valence-electron chi connectivity index (χ0n) is 8.55. The fraction of sp³-hybridized carbons (Fsp3) is 0.889. The molecule has 78 valence electrons. The molecule has 0 aromatic carbocycles. The van der Waals surface area contributed by atoms with Crippen LogP contribution in [0.25, 0.3) is 0 Å². The second kappa shape index (κ2) is 8.01. The number of carbonyl (C=O) groups is 1. The Bertz CT molecular complexity index is 140. The van der Waals surface area contributed by atoms with Gasteiger partial charge in [0.05, 0.1) is 6.61 Å². The van der Waals surface area contributed by atoms with Gasteiger partial charge in [-0.15, -0.1) is 0 Å². The van der Waals surface area contributed by atoms with E-state index in [4.69, 9.17) is 5.11 Å². The molecule has 0 saturated carbocycles. The lowest BCUT2D eigenvalue weighted by Gasteiger charge is -2.19. The van der Waals surface area contributed by atoms with Crippen molar-refractivity contribution in [2.24, 2.45) is 0 Å². The number of nitrogens with zero attached hydrogens (tertiary/aromatic N) is 1. The number of hydrogen-bond donors (Lipinski definition) is 2. The summed E-state index contributed by atoms with van der Waals surface area (Å²) < 4.78 is 0. The van der Waals surface area contributed by atoms with E-state index < -0.39 is 0 Å². The maximum atomic E-state index is 11.4. The highest BCUT2D eigenvalue weighted by Crippen LogP contribution is 1.92. The van der Waals surface area contributed by atoms with Gasteiger partial charge in [-0.05, 0) is 13.5 Å². The Morgan fingerprint density at radius 2 is 2.15 bits per heavy atom. The normalized spacial score (nSPS) is 10.1. The minimum Gasteiger partial charge on any atom is -0.395 e. The molecule has 0 atom stereocenters. The van der Waals surface area contributed by atoms with E-state index in [0.717, 1.165) is 13.1 Å². The average molecular weight is 188 g/mol. The molecule has 0 bridgehead atoms. The molecule has 0 aliphatic heterocycles. The Hall–Kier alpha value is -0.610. The highest BCUT2D eigenvalue weighted by molar-refractivity contribution is 5.76. The highest BCUT2D eigenvalue weighted by atomic mass is 16.3. The van der Waals surface area contributed by atoms with E-state index >= 15 is 0 Å². The van der Waals surface area contributed by atoms with Crippen molar-refractivity contribution in [1.29, 1.82) is 0 Å². The highest BCUT2D eigenvalue weighted by Gasteiger charge is 2.09. The van der Waals surface area contributed by atoms with Crippen molar-refractivity contribution in [1.82, 2.24) is 10.2 Å². The van der Waals surface area contributed by atoms with E-state index in [1.807, 2.05) is 13.8 Å². The summed E-state index contributed by atoms with van der Waals surface area (Å²) in [5, 5.41) is 11.8. The summed E-state index contributed by atoms with van der Waals surface area (Å²) in [5.41, 5.74) is 0. The summed E-state index contributed by atoms with van der Waals surface area (Å²) in [5.74, 6) is 0.109. The van der Waals surface area contributed by atoms with Gasteiger partial charge in [0.2, 0.25) is 5.91 Å². The van der Waals surface area contributed by atoms with Crippen LogP contribution in [-0.2, 0) is 4.79 Å². The standard InChI is InChI=1S/C9H20N2O2/c1-3-10-6-5-9(13)11(4-2)7-8-12/h10,12H,3-8H2,1-2H3. The van der Waals surface area contributed by atoms with Gasteiger partial charge in [0.25, 0.3) is 0 Å². The van der Waals surface area contributed by atoms with E-state index in [0.29, 0.717) is 19.5 Å². The van der Waals surface area contributed by atoms with Crippen LogP contribution in [0.3, 0.4) is 0 Å². The lowest BCUT2D eigenvalue weighted by molar-refractivity contribution is -0.131. The zero-order valence-corrected chi connectivity index (χ0v) is 8.55. The number of nitrogens with one attached hydrogen (secondary N) is 1. The molecular weight excluding hydrogens is 168 g/mol. The van der Waals surface area contributed by atoms with Gasteiger partial charge in [-0.2, -0.15) is 0 Å². The van der Waals surface area contributed by atoms with Gasteiger partial charge in [-0.25, -0.2) is 0 Å². The summed E-state index contributed by atoms with van der Waals surface area (Å²) in [4.78, 5) is 13.1. The molecule has 0 unspecified atom stereocenters. The third-order valence-electron chi connectivity index (χ3n) is 1.87. The van der Waals surface area contributed by atoms with Crippen molar-refractivity contribution in [2.45, 2.75) is 20.3 Å². The SMILES string of the molecule is CCNCCC(=O)N(CC)CCO. The molecule has 4 heteroatoms. The Kier molecular flexibility index (Phi) is 7.63. The number of likely N-dealkylation sites (N-methyl/N-ethyl adjacent to an activating group) is 1. The first-order chi connectivity index (χ1) is 6.26. The van der Waals surface area contributed by atoms with Gasteiger partial charge >= 0.3 is 0 Å².